The van der Waals surface area contributed by atoms with Gasteiger partial charge in [-0.1, -0.05) is 13.8 Å². The highest BCUT2D eigenvalue weighted by Crippen LogP contribution is 2.48. The molecule has 5 heteroatoms. The number of hydrogen-bond acceptors (Lipinski definition) is 2. The molecular formula is C11H19F2NO2. The van der Waals surface area contributed by atoms with Gasteiger partial charge in [-0.3, -0.25) is 4.79 Å². The van der Waals surface area contributed by atoms with Crippen LogP contribution in [0.1, 0.15) is 26.7 Å². The average molecular weight is 235 g/mol. The van der Waals surface area contributed by atoms with Crippen LogP contribution in [0, 0.1) is 11.3 Å². The number of nitrogens with zero attached hydrogens (tertiary/aromatic N) is 1. The van der Waals surface area contributed by atoms with Crippen LogP contribution in [-0.4, -0.2) is 42.0 Å². The van der Waals surface area contributed by atoms with Crippen molar-refractivity contribution >= 4 is 5.97 Å². The summed E-state index contributed by atoms with van der Waals surface area (Å²) >= 11 is 0. The number of halogens is 2. The fraction of sp³-hybridized carbons (Fsp3) is 0.909. The van der Waals surface area contributed by atoms with Crippen molar-refractivity contribution in [2.45, 2.75) is 32.6 Å². The summed E-state index contributed by atoms with van der Waals surface area (Å²) < 4.78 is 27.9. The molecule has 1 atom stereocenters. The summed E-state index contributed by atoms with van der Waals surface area (Å²) in [6, 6.07) is 0. The summed E-state index contributed by atoms with van der Waals surface area (Å²) in [6.07, 6.45) is 0.0488. The predicted octanol–water partition coefficient (Wildman–Crippen LogP) is 2.07. The standard InChI is InChI=1S/C11H19F2NO2/c1-8(2)6-10(9(15)16)4-5-14(3)7-11(10,12)13/h8H,4-7H2,1-3H3,(H,15,16). The lowest BCUT2D eigenvalue weighted by Crippen LogP contribution is -2.58. The summed E-state index contributed by atoms with van der Waals surface area (Å²) in [6.45, 7) is 3.50. The van der Waals surface area contributed by atoms with Crippen molar-refractivity contribution in [2.24, 2.45) is 11.3 Å². The Labute approximate surface area is 94.4 Å². The zero-order valence-corrected chi connectivity index (χ0v) is 9.96. The van der Waals surface area contributed by atoms with Crippen LogP contribution in [0.2, 0.25) is 0 Å². The van der Waals surface area contributed by atoms with Crippen LogP contribution in [0.25, 0.3) is 0 Å². The molecule has 1 aliphatic heterocycles. The quantitative estimate of drug-likeness (QED) is 0.814. The number of hydrogen-bond donors (Lipinski definition) is 1. The molecule has 3 nitrogen and oxygen atoms in total. The SMILES string of the molecule is CC(C)CC1(C(=O)O)CCN(C)CC1(F)F. The summed E-state index contributed by atoms with van der Waals surface area (Å²) in [4.78, 5) is 12.7. The van der Waals surface area contributed by atoms with E-state index in [1.165, 1.54) is 4.90 Å². The van der Waals surface area contributed by atoms with Crippen LogP contribution in [0.15, 0.2) is 0 Å². The minimum Gasteiger partial charge on any atom is -0.481 e. The highest BCUT2D eigenvalue weighted by molar-refractivity contribution is 5.76. The average Bonchev–Trinajstić information content (AvgIpc) is 2.08. The summed E-state index contributed by atoms with van der Waals surface area (Å²) in [5, 5.41) is 9.16. The molecule has 0 aromatic rings. The van der Waals surface area contributed by atoms with Gasteiger partial charge in [-0.05, 0) is 32.4 Å². The van der Waals surface area contributed by atoms with Crippen LogP contribution in [0.3, 0.4) is 0 Å². The molecule has 0 aromatic heterocycles. The first-order valence-electron chi connectivity index (χ1n) is 5.51. The number of carboxylic acids is 1. The molecular weight excluding hydrogens is 216 g/mol. The van der Waals surface area contributed by atoms with Gasteiger partial charge in [0.25, 0.3) is 5.92 Å². The molecule has 0 spiro atoms. The van der Waals surface area contributed by atoms with Gasteiger partial charge >= 0.3 is 5.97 Å². The Bertz CT molecular complexity index is 281. The lowest BCUT2D eigenvalue weighted by atomic mass is 9.70. The van der Waals surface area contributed by atoms with Crippen molar-refractivity contribution in [3.8, 4) is 0 Å². The van der Waals surface area contributed by atoms with Crippen LogP contribution in [0.5, 0.6) is 0 Å². The van der Waals surface area contributed by atoms with Gasteiger partial charge in [0.1, 0.15) is 5.41 Å². The van der Waals surface area contributed by atoms with Gasteiger partial charge < -0.3 is 10.0 Å². The Kier molecular flexibility index (Phi) is 3.57. The maximum Gasteiger partial charge on any atom is 0.315 e. The Morgan fingerprint density at radius 2 is 2.06 bits per heavy atom. The summed E-state index contributed by atoms with van der Waals surface area (Å²) in [5.74, 6) is -4.57. The lowest BCUT2D eigenvalue weighted by molar-refractivity contribution is -0.200. The topological polar surface area (TPSA) is 40.5 Å². The third-order valence-electron chi connectivity index (χ3n) is 3.26. The molecule has 1 N–H and O–H groups in total. The number of likely N-dealkylation sites (tertiary alicyclic amines) is 1. The van der Waals surface area contributed by atoms with Gasteiger partial charge in [-0.25, -0.2) is 8.78 Å². The molecule has 1 aliphatic rings. The summed E-state index contributed by atoms with van der Waals surface area (Å²) in [7, 11) is 1.59. The van der Waals surface area contributed by atoms with E-state index in [9.17, 15) is 13.6 Å². The fourth-order valence-electron chi connectivity index (χ4n) is 2.43. The number of rotatable bonds is 3. The molecule has 1 rings (SSSR count). The minimum atomic E-state index is -3.16. The van der Waals surface area contributed by atoms with E-state index in [1.54, 1.807) is 20.9 Å². The van der Waals surface area contributed by atoms with E-state index in [4.69, 9.17) is 5.11 Å². The molecule has 0 aromatic carbocycles. The Morgan fingerprint density at radius 3 is 2.44 bits per heavy atom. The minimum absolute atomic E-state index is 0.0179. The molecule has 0 bridgehead atoms. The van der Waals surface area contributed by atoms with E-state index < -0.39 is 23.9 Å². The molecule has 0 saturated carbocycles. The van der Waals surface area contributed by atoms with Gasteiger partial charge in [-0.15, -0.1) is 0 Å². The van der Waals surface area contributed by atoms with Crippen molar-refractivity contribution in [2.75, 3.05) is 20.1 Å². The molecule has 0 aliphatic carbocycles. The largest absolute Gasteiger partial charge is 0.481 e. The van der Waals surface area contributed by atoms with Crippen molar-refractivity contribution in [1.82, 2.24) is 4.90 Å². The predicted molar refractivity (Wildman–Crippen MR) is 56.6 cm³/mol. The first-order valence-corrected chi connectivity index (χ1v) is 5.51. The van der Waals surface area contributed by atoms with Crippen molar-refractivity contribution in [1.29, 1.82) is 0 Å². The Hall–Kier alpha value is -0.710. The van der Waals surface area contributed by atoms with Gasteiger partial charge in [0.2, 0.25) is 0 Å². The van der Waals surface area contributed by atoms with Crippen LogP contribution >= 0.6 is 0 Å². The zero-order chi connectivity index (χ0) is 12.6. The number of carbonyl (C=O) groups is 1. The molecule has 1 unspecified atom stereocenters. The molecule has 1 fully saturated rings. The smallest absolute Gasteiger partial charge is 0.315 e. The van der Waals surface area contributed by atoms with E-state index in [0.29, 0.717) is 6.54 Å². The van der Waals surface area contributed by atoms with Crippen molar-refractivity contribution in [3.05, 3.63) is 0 Å². The molecule has 16 heavy (non-hydrogen) atoms. The second-order valence-electron chi connectivity index (χ2n) is 5.18. The molecule has 0 radical (unpaired) electrons. The molecule has 1 saturated heterocycles. The maximum atomic E-state index is 14.0. The monoisotopic (exact) mass is 235 g/mol. The van der Waals surface area contributed by atoms with Crippen LogP contribution in [-0.2, 0) is 4.79 Å². The first-order chi connectivity index (χ1) is 7.21. The van der Waals surface area contributed by atoms with Gasteiger partial charge in [0.05, 0.1) is 6.54 Å². The molecule has 1 heterocycles. The first kappa shape index (κ1) is 13.4. The normalized spacial score (nSPS) is 30.6. The van der Waals surface area contributed by atoms with E-state index >= 15 is 0 Å². The van der Waals surface area contributed by atoms with Gasteiger partial charge in [-0.2, -0.15) is 0 Å². The molecule has 94 valence electrons. The van der Waals surface area contributed by atoms with Crippen molar-refractivity contribution in [3.63, 3.8) is 0 Å². The highest BCUT2D eigenvalue weighted by Gasteiger charge is 2.61. The second kappa shape index (κ2) is 4.28. The number of aliphatic carboxylic acids is 1. The van der Waals surface area contributed by atoms with E-state index in [0.717, 1.165) is 0 Å². The summed E-state index contributed by atoms with van der Waals surface area (Å²) in [5.41, 5.74) is -1.88. The lowest BCUT2D eigenvalue weighted by Gasteiger charge is -2.44. The fourth-order valence-corrected chi connectivity index (χ4v) is 2.43. The van der Waals surface area contributed by atoms with Crippen LogP contribution < -0.4 is 0 Å². The molecule has 0 amide bonds. The van der Waals surface area contributed by atoms with Gasteiger partial charge in [0.15, 0.2) is 0 Å². The van der Waals surface area contributed by atoms with Crippen molar-refractivity contribution < 1.29 is 18.7 Å². The van der Waals surface area contributed by atoms with E-state index in [-0.39, 0.29) is 18.8 Å². The van der Waals surface area contributed by atoms with Gasteiger partial charge in [0, 0.05) is 0 Å². The second-order valence-corrected chi connectivity index (χ2v) is 5.18. The zero-order valence-electron chi connectivity index (χ0n) is 9.96. The number of piperidine rings is 1. The van der Waals surface area contributed by atoms with E-state index in [2.05, 4.69) is 0 Å². The number of carboxylic acid groups (broad SMARTS) is 1. The van der Waals surface area contributed by atoms with E-state index in [1.807, 2.05) is 0 Å². The van der Waals surface area contributed by atoms with Crippen LogP contribution in [0.4, 0.5) is 8.78 Å². The maximum absolute atomic E-state index is 14.0. The Morgan fingerprint density at radius 1 is 1.50 bits per heavy atom. The number of alkyl halides is 2. The third kappa shape index (κ3) is 2.19. The highest BCUT2D eigenvalue weighted by atomic mass is 19.3. The third-order valence-corrected chi connectivity index (χ3v) is 3.26. The Balaban J connectivity index is 3.04.